The van der Waals surface area contributed by atoms with Crippen molar-refractivity contribution in [2.75, 3.05) is 39.6 Å². The number of ether oxygens (including phenoxy) is 1. The van der Waals surface area contributed by atoms with Crippen molar-refractivity contribution in [1.82, 2.24) is 9.21 Å². The number of nitrogens with zero attached hydrogens (tertiary/aromatic N) is 2. The molecule has 0 saturated carbocycles. The number of likely N-dealkylation sites (N-methyl/N-ethyl adjacent to an activating group) is 1. The van der Waals surface area contributed by atoms with Gasteiger partial charge in [-0.2, -0.15) is 0 Å². The lowest BCUT2D eigenvalue weighted by Crippen LogP contribution is -2.38. The molecule has 1 N–H and O–H groups in total. The number of sulfonamides is 1. The second kappa shape index (κ2) is 10.1. The average molecular weight is 498 g/mol. The van der Waals surface area contributed by atoms with Crippen molar-refractivity contribution < 1.29 is 22.7 Å². The maximum Gasteiger partial charge on any atom is 0.254 e. The summed E-state index contributed by atoms with van der Waals surface area (Å²) in [6.45, 7) is 1.83. The quantitative estimate of drug-likeness (QED) is 0.604. The number of amides is 2. The van der Waals surface area contributed by atoms with E-state index in [0.717, 1.165) is 4.31 Å². The number of carbonyl (C=O) groups is 2. The maximum absolute atomic E-state index is 12.9. The molecule has 0 aliphatic rings. The van der Waals surface area contributed by atoms with Crippen molar-refractivity contribution in [3.8, 4) is 5.75 Å². The summed E-state index contributed by atoms with van der Waals surface area (Å²) in [5, 5.41) is 2.72. The molecule has 0 saturated heterocycles. The van der Waals surface area contributed by atoms with Gasteiger partial charge in [0.25, 0.3) is 5.91 Å². The predicted octanol–water partition coefficient (Wildman–Crippen LogP) is 2.81. The van der Waals surface area contributed by atoms with Gasteiger partial charge in [0.1, 0.15) is 12.3 Å². The van der Waals surface area contributed by atoms with Crippen molar-refractivity contribution in [3.05, 3.63) is 52.5 Å². The van der Waals surface area contributed by atoms with Crippen LogP contribution in [0.4, 0.5) is 5.69 Å². The van der Waals surface area contributed by atoms with Crippen LogP contribution in [-0.2, 0) is 14.8 Å². The van der Waals surface area contributed by atoms with E-state index in [4.69, 9.17) is 4.74 Å². The smallest absolute Gasteiger partial charge is 0.254 e. The van der Waals surface area contributed by atoms with Crippen LogP contribution in [0.25, 0.3) is 0 Å². The van der Waals surface area contributed by atoms with Gasteiger partial charge in [0, 0.05) is 42.4 Å². The number of anilines is 1. The zero-order chi connectivity index (χ0) is 22.5. The van der Waals surface area contributed by atoms with Crippen molar-refractivity contribution in [2.45, 2.75) is 11.8 Å². The van der Waals surface area contributed by atoms with Crippen LogP contribution in [0.3, 0.4) is 0 Å². The molecule has 10 heteroatoms. The van der Waals surface area contributed by atoms with Gasteiger partial charge >= 0.3 is 0 Å². The summed E-state index contributed by atoms with van der Waals surface area (Å²) in [7, 11) is 0.616. The Kier molecular flexibility index (Phi) is 7.99. The fourth-order valence-electron chi connectivity index (χ4n) is 2.62. The second-order valence-electron chi connectivity index (χ2n) is 6.53. The molecule has 0 unspecified atom stereocenters. The lowest BCUT2D eigenvalue weighted by Gasteiger charge is -2.21. The van der Waals surface area contributed by atoms with Crippen LogP contribution in [-0.4, -0.2) is 63.7 Å². The van der Waals surface area contributed by atoms with Gasteiger partial charge in [-0.05, 0) is 53.2 Å². The van der Waals surface area contributed by atoms with Crippen molar-refractivity contribution in [1.29, 1.82) is 0 Å². The van der Waals surface area contributed by atoms with Crippen LogP contribution in [0, 0.1) is 0 Å². The van der Waals surface area contributed by atoms with Gasteiger partial charge in [0.15, 0.2) is 0 Å². The third-order valence-corrected chi connectivity index (χ3v) is 7.10. The molecule has 0 atom stereocenters. The number of rotatable bonds is 8. The molecule has 0 aliphatic carbocycles. The zero-order valence-corrected chi connectivity index (χ0v) is 19.6. The Morgan fingerprint density at radius 1 is 1.13 bits per heavy atom. The molecule has 2 rings (SSSR count). The van der Waals surface area contributed by atoms with Gasteiger partial charge in [0.05, 0.1) is 12.0 Å². The molecule has 0 radical (unpaired) electrons. The standard InChI is InChI=1S/C20H24BrN3O5S/c1-5-24(13-19(25)22-15-7-6-8-16(12-15)29-4)20(26)14-9-10-17(21)18(11-14)30(27,28)23(2)3/h6-12H,5,13H2,1-4H3,(H,22,25). The third kappa shape index (κ3) is 5.59. The van der Waals surface area contributed by atoms with Gasteiger partial charge in [0.2, 0.25) is 15.9 Å². The highest BCUT2D eigenvalue weighted by Crippen LogP contribution is 2.26. The Morgan fingerprint density at radius 3 is 2.43 bits per heavy atom. The van der Waals surface area contributed by atoms with E-state index in [0.29, 0.717) is 15.9 Å². The Bertz CT molecular complexity index is 1040. The molecule has 2 aromatic rings. The SMILES string of the molecule is CCN(CC(=O)Nc1cccc(OC)c1)C(=O)c1ccc(Br)c(S(=O)(=O)N(C)C)c1. The van der Waals surface area contributed by atoms with Crippen molar-refractivity contribution in [2.24, 2.45) is 0 Å². The van der Waals surface area contributed by atoms with Gasteiger partial charge in [-0.25, -0.2) is 12.7 Å². The Labute approximate surface area is 185 Å². The van der Waals surface area contributed by atoms with Crippen LogP contribution in [0.5, 0.6) is 5.75 Å². The zero-order valence-electron chi connectivity index (χ0n) is 17.2. The van der Waals surface area contributed by atoms with Crippen molar-refractivity contribution in [3.63, 3.8) is 0 Å². The predicted molar refractivity (Wildman–Crippen MR) is 118 cm³/mol. The lowest BCUT2D eigenvalue weighted by atomic mass is 10.2. The normalized spacial score (nSPS) is 11.3. The van der Waals surface area contributed by atoms with E-state index in [9.17, 15) is 18.0 Å². The van der Waals surface area contributed by atoms with Crippen LogP contribution >= 0.6 is 15.9 Å². The molecular weight excluding hydrogens is 474 g/mol. The first-order chi connectivity index (χ1) is 14.1. The molecule has 0 heterocycles. The molecular formula is C20H24BrN3O5S. The van der Waals surface area contributed by atoms with E-state index in [-0.39, 0.29) is 29.5 Å². The highest BCUT2D eigenvalue weighted by atomic mass is 79.9. The highest BCUT2D eigenvalue weighted by molar-refractivity contribution is 9.10. The van der Waals surface area contributed by atoms with E-state index < -0.39 is 15.9 Å². The molecule has 0 bridgehead atoms. The molecule has 8 nitrogen and oxygen atoms in total. The summed E-state index contributed by atoms with van der Waals surface area (Å²) < 4.78 is 31.5. The summed E-state index contributed by atoms with van der Waals surface area (Å²) >= 11 is 3.22. The van der Waals surface area contributed by atoms with E-state index >= 15 is 0 Å². The molecule has 2 aromatic carbocycles. The topological polar surface area (TPSA) is 96.0 Å². The molecule has 0 aromatic heterocycles. The number of hydrogen-bond donors (Lipinski definition) is 1. The van der Waals surface area contributed by atoms with Crippen LogP contribution < -0.4 is 10.1 Å². The average Bonchev–Trinajstić information content (AvgIpc) is 2.71. The minimum absolute atomic E-state index is 0.0183. The van der Waals surface area contributed by atoms with E-state index in [1.807, 2.05) is 0 Å². The van der Waals surface area contributed by atoms with Crippen molar-refractivity contribution >= 4 is 43.5 Å². The Hall–Kier alpha value is -2.43. The minimum Gasteiger partial charge on any atom is -0.497 e. The number of halogens is 1. The number of methoxy groups -OCH3 is 1. The number of carbonyl (C=O) groups excluding carboxylic acids is 2. The van der Waals surface area contributed by atoms with E-state index in [1.54, 1.807) is 31.2 Å². The monoisotopic (exact) mass is 497 g/mol. The molecule has 0 fully saturated rings. The molecule has 0 aliphatic heterocycles. The molecule has 162 valence electrons. The summed E-state index contributed by atoms with van der Waals surface area (Å²) in [4.78, 5) is 26.7. The number of nitrogens with one attached hydrogen (secondary N) is 1. The summed E-state index contributed by atoms with van der Waals surface area (Å²) in [6, 6.07) is 11.2. The third-order valence-electron chi connectivity index (χ3n) is 4.29. The van der Waals surface area contributed by atoms with Crippen LogP contribution in [0.2, 0.25) is 0 Å². The molecule has 0 spiro atoms. The highest BCUT2D eigenvalue weighted by Gasteiger charge is 2.24. The van der Waals surface area contributed by atoms with Crippen LogP contribution in [0.1, 0.15) is 17.3 Å². The first-order valence-corrected chi connectivity index (χ1v) is 11.3. The number of hydrogen-bond acceptors (Lipinski definition) is 5. The Balaban J connectivity index is 2.20. The Morgan fingerprint density at radius 2 is 1.83 bits per heavy atom. The van der Waals surface area contributed by atoms with Crippen LogP contribution in [0.15, 0.2) is 51.8 Å². The van der Waals surface area contributed by atoms with Gasteiger partial charge in [-0.15, -0.1) is 0 Å². The first-order valence-electron chi connectivity index (χ1n) is 9.05. The van der Waals surface area contributed by atoms with E-state index in [1.165, 1.54) is 44.3 Å². The van der Waals surface area contributed by atoms with Gasteiger partial charge in [-0.1, -0.05) is 6.07 Å². The largest absolute Gasteiger partial charge is 0.497 e. The molecule has 30 heavy (non-hydrogen) atoms. The fourth-order valence-corrected chi connectivity index (χ4v) is 4.46. The fraction of sp³-hybridized carbons (Fsp3) is 0.300. The lowest BCUT2D eigenvalue weighted by molar-refractivity contribution is -0.116. The summed E-state index contributed by atoms with van der Waals surface area (Å²) in [5.74, 6) is -0.224. The first kappa shape index (κ1) is 23.8. The second-order valence-corrected chi connectivity index (χ2v) is 9.51. The maximum atomic E-state index is 12.9. The summed E-state index contributed by atoms with van der Waals surface area (Å²) in [5.41, 5.74) is 0.723. The van der Waals surface area contributed by atoms with Gasteiger partial charge < -0.3 is 15.0 Å². The summed E-state index contributed by atoms with van der Waals surface area (Å²) in [6.07, 6.45) is 0. The molecule has 2 amide bonds. The van der Waals surface area contributed by atoms with E-state index in [2.05, 4.69) is 21.2 Å². The minimum atomic E-state index is -3.74. The van der Waals surface area contributed by atoms with Gasteiger partial charge in [-0.3, -0.25) is 9.59 Å². The number of benzene rings is 2.